The van der Waals surface area contributed by atoms with E-state index in [9.17, 15) is 0 Å². The molecule has 18 heavy (non-hydrogen) atoms. The van der Waals surface area contributed by atoms with Crippen LogP contribution in [0.4, 0.5) is 0 Å². The molecule has 0 aromatic carbocycles. The van der Waals surface area contributed by atoms with E-state index in [1.807, 2.05) is 0 Å². The Morgan fingerprint density at radius 2 is 2.28 bits per heavy atom. The quantitative estimate of drug-likeness (QED) is 0.884. The highest BCUT2D eigenvalue weighted by molar-refractivity contribution is 7.07. The normalized spacial score (nSPS) is 32.3. The summed E-state index contributed by atoms with van der Waals surface area (Å²) in [6.45, 7) is 4.32. The molecule has 2 saturated carbocycles. The van der Waals surface area contributed by atoms with Gasteiger partial charge in [0, 0.05) is 24.7 Å². The van der Waals surface area contributed by atoms with Crippen LogP contribution in [0, 0.1) is 5.92 Å². The maximum absolute atomic E-state index is 6.19. The van der Waals surface area contributed by atoms with Crippen molar-refractivity contribution in [1.82, 2.24) is 4.90 Å². The number of hydrogen-bond acceptors (Lipinski definition) is 3. The summed E-state index contributed by atoms with van der Waals surface area (Å²) in [6.07, 6.45) is 6.69. The Bertz CT molecular complexity index is 385. The molecule has 0 saturated heterocycles. The first-order valence-corrected chi connectivity index (χ1v) is 8.16. The lowest BCUT2D eigenvalue weighted by atomic mass is 9.93. The fraction of sp³-hybridized carbons (Fsp3) is 0.733. The summed E-state index contributed by atoms with van der Waals surface area (Å²) in [6, 6.07) is 3.07. The SMILES string of the molecule is CC1CCC(CN)(N(Cc2ccsc2)C2CC2)C1. The Labute approximate surface area is 114 Å². The zero-order chi connectivity index (χ0) is 12.6. The van der Waals surface area contributed by atoms with E-state index in [-0.39, 0.29) is 0 Å². The van der Waals surface area contributed by atoms with Crippen LogP contribution in [-0.2, 0) is 6.54 Å². The van der Waals surface area contributed by atoms with Crippen molar-refractivity contribution in [3.63, 3.8) is 0 Å². The Hall–Kier alpha value is -0.380. The lowest BCUT2D eigenvalue weighted by Gasteiger charge is -2.41. The Balaban J connectivity index is 1.79. The Morgan fingerprint density at radius 1 is 1.44 bits per heavy atom. The zero-order valence-electron chi connectivity index (χ0n) is 11.3. The second-order valence-electron chi connectivity index (χ2n) is 6.27. The van der Waals surface area contributed by atoms with Gasteiger partial charge < -0.3 is 5.73 Å². The smallest absolute Gasteiger partial charge is 0.0340 e. The number of hydrogen-bond donors (Lipinski definition) is 1. The number of nitrogens with zero attached hydrogens (tertiary/aromatic N) is 1. The van der Waals surface area contributed by atoms with Crippen molar-refractivity contribution in [2.45, 2.75) is 57.2 Å². The summed E-state index contributed by atoms with van der Waals surface area (Å²) in [5.41, 5.74) is 7.95. The van der Waals surface area contributed by atoms with Gasteiger partial charge in [0.25, 0.3) is 0 Å². The molecule has 0 bridgehead atoms. The van der Waals surface area contributed by atoms with Crippen molar-refractivity contribution in [3.05, 3.63) is 22.4 Å². The molecular formula is C15H24N2S. The first-order chi connectivity index (χ1) is 8.73. The number of rotatable bonds is 5. The van der Waals surface area contributed by atoms with Crippen molar-refractivity contribution < 1.29 is 0 Å². The van der Waals surface area contributed by atoms with Crippen LogP contribution in [0.1, 0.15) is 44.6 Å². The van der Waals surface area contributed by atoms with Crippen LogP contribution in [-0.4, -0.2) is 23.0 Å². The minimum Gasteiger partial charge on any atom is -0.329 e. The van der Waals surface area contributed by atoms with Crippen LogP contribution in [0.2, 0.25) is 0 Å². The molecule has 2 aliphatic carbocycles. The van der Waals surface area contributed by atoms with Gasteiger partial charge in [-0.15, -0.1) is 0 Å². The lowest BCUT2D eigenvalue weighted by Crippen LogP contribution is -2.52. The van der Waals surface area contributed by atoms with Crippen molar-refractivity contribution >= 4 is 11.3 Å². The van der Waals surface area contributed by atoms with Gasteiger partial charge in [-0.2, -0.15) is 11.3 Å². The second kappa shape index (κ2) is 4.95. The van der Waals surface area contributed by atoms with Gasteiger partial charge in [0.05, 0.1) is 0 Å². The van der Waals surface area contributed by atoms with E-state index in [0.29, 0.717) is 5.54 Å². The summed E-state index contributed by atoms with van der Waals surface area (Å²) >= 11 is 1.81. The maximum atomic E-state index is 6.19. The van der Waals surface area contributed by atoms with E-state index in [0.717, 1.165) is 25.0 Å². The van der Waals surface area contributed by atoms with Gasteiger partial charge in [-0.1, -0.05) is 6.92 Å². The number of thiophene rings is 1. The molecule has 0 spiro atoms. The van der Waals surface area contributed by atoms with E-state index < -0.39 is 0 Å². The molecule has 100 valence electrons. The van der Waals surface area contributed by atoms with Gasteiger partial charge in [0.2, 0.25) is 0 Å². The molecular weight excluding hydrogens is 240 g/mol. The maximum Gasteiger partial charge on any atom is 0.0340 e. The predicted octanol–water partition coefficient (Wildman–Crippen LogP) is 3.23. The highest BCUT2D eigenvalue weighted by Crippen LogP contribution is 2.44. The first-order valence-electron chi connectivity index (χ1n) is 7.21. The molecule has 2 atom stereocenters. The molecule has 2 nitrogen and oxygen atoms in total. The molecule has 2 N–H and O–H groups in total. The van der Waals surface area contributed by atoms with Gasteiger partial charge in [0.1, 0.15) is 0 Å². The lowest BCUT2D eigenvalue weighted by molar-refractivity contribution is 0.0782. The van der Waals surface area contributed by atoms with Gasteiger partial charge in [0.15, 0.2) is 0 Å². The van der Waals surface area contributed by atoms with E-state index in [4.69, 9.17) is 5.73 Å². The van der Waals surface area contributed by atoms with Crippen LogP contribution >= 0.6 is 11.3 Å². The predicted molar refractivity (Wildman–Crippen MR) is 77.7 cm³/mol. The van der Waals surface area contributed by atoms with Crippen LogP contribution in [0.3, 0.4) is 0 Å². The fourth-order valence-corrected chi connectivity index (χ4v) is 4.24. The molecule has 2 aliphatic rings. The number of nitrogens with two attached hydrogens (primary N) is 1. The van der Waals surface area contributed by atoms with Gasteiger partial charge >= 0.3 is 0 Å². The third-order valence-electron chi connectivity index (χ3n) is 4.74. The average molecular weight is 264 g/mol. The monoisotopic (exact) mass is 264 g/mol. The largest absolute Gasteiger partial charge is 0.329 e. The first kappa shape index (κ1) is 12.6. The second-order valence-corrected chi connectivity index (χ2v) is 7.05. The molecule has 3 heteroatoms. The molecule has 1 heterocycles. The van der Waals surface area contributed by atoms with E-state index in [1.165, 1.54) is 37.7 Å². The van der Waals surface area contributed by atoms with Crippen LogP contribution < -0.4 is 5.73 Å². The summed E-state index contributed by atoms with van der Waals surface area (Å²) < 4.78 is 0. The molecule has 3 rings (SSSR count). The van der Waals surface area contributed by atoms with Crippen molar-refractivity contribution in [2.75, 3.05) is 6.54 Å². The van der Waals surface area contributed by atoms with Gasteiger partial charge in [-0.05, 0) is 60.4 Å². The van der Waals surface area contributed by atoms with Crippen LogP contribution in [0.25, 0.3) is 0 Å². The highest BCUT2D eigenvalue weighted by Gasteiger charge is 2.46. The van der Waals surface area contributed by atoms with E-state index in [1.54, 1.807) is 11.3 Å². The van der Waals surface area contributed by atoms with E-state index in [2.05, 4.69) is 28.7 Å². The summed E-state index contributed by atoms with van der Waals surface area (Å²) in [4.78, 5) is 2.75. The third-order valence-corrected chi connectivity index (χ3v) is 5.47. The zero-order valence-corrected chi connectivity index (χ0v) is 12.1. The van der Waals surface area contributed by atoms with Crippen molar-refractivity contribution in [1.29, 1.82) is 0 Å². The average Bonchev–Trinajstić information content (AvgIpc) is 2.93. The van der Waals surface area contributed by atoms with Gasteiger partial charge in [-0.3, -0.25) is 4.90 Å². The minimum atomic E-state index is 0.294. The molecule has 0 amide bonds. The summed E-state index contributed by atoms with van der Waals surface area (Å²) in [7, 11) is 0. The molecule has 2 unspecified atom stereocenters. The molecule has 1 aromatic rings. The molecule has 2 fully saturated rings. The van der Waals surface area contributed by atoms with Crippen LogP contribution in [0.15, 0.2) is 16.8 Å². The summed E-state index contributed by atoms with van der Waals surface area (Å²) in [5, 5.41) is 4.48. The van der Waals surface area contributed by atoms with Gasteiger partial charge in [-0.25, -0.2) is 0 Å². The fourth-order valence-electron chi connectivity index (χ4n) is 3.58. The van der Waals surface area contributed by atoms with E-state index >= 15 is 0 Å². The van der Waals surface area contributed by atoms with Crippen molar-refractivity contribution in [2.24, 2.45) is 11.7 Å². The highest BCUT2D eigenvalue weighted by atomic mass is 32.1. The topological polar surface area (TPSA) is 29.3 Å². The third kappa shape index (κ3) is 2.36. The summed E-state index contributed by atoms with van der Waals surface area (Å²) in [5.74, 6) is 0.845. The molecule has 1 aromatic heterocycles. The standard InChI is InChI=1S/C15H24N2S/c1-12-4-6-15(8-12,11-16)17(14-2-3-14)9-13-5-7-18-10-13/h5,7,10,12,14H,2-4,6,8-9,11,16H2,1H3. The van der Waals surface area contributed by atoms with Crippen molar-refractivity contribution in [3.8, 4) is 0 Å². The molecule has 0 aliphatic heterocycles. The van der Waals surface area contributed by atoms with Crippen LogP contribution in [0.5, 0.6) is 0 Å². The Morgan fingerprint density at radius 3 is 2.78 bits per heavy atom. The minimum absolute atomic E-state index is 0.294. The molecule has 0 radical (unpaired) electrons. The Kier molecular flexibility index (Phi) is 3.48.